The van der Waals surface area contributed by atoms with E-state index < -0.39 is 0 Å². The van der Waals surface area contributed by atoms with Crippen molar-refractivity contribution in [3.8, 4) is 0 Å². The molecule has 4 heteroatoms. The lowest BCUT2D eigenvalue weighted by Gasteiger charge is -2.17. The summed E-state index contributed by atoms with van der Waals surface area (Å²) in [5, 5.41) is 2.96. The Morgan fingerprint density at radius 3 is 2.81 bits per heavy atom. The molecule has 0 aliphatic heterocycles. The number of rotatable bonds is 4. The zero-order valence-corrected chi connectivity index (χ0v) is 11.0. The van der Waals surface area contributed by atoms with Crippen molar-refractivity contribution < 1.29 is 4.79 Å². The van der Waals surface area contributed by atoms with Crippen LogP contribution in [-0.4, -0.2) is 29.4 Å². The van der Waals surface area contributed by atoms with E-state index in [9.17, 15) is 4.79 Å². The maximum atomic E-state index is 11.7. The van der Waals surface area contributed by atoms with Gasteiger partial charge in [0.2, 0.25) is 5.91 Å². The fourth-order valence-electron chi connectivity index (χ4n) is 1.38. The number of hydrogen-bond acceptors (Lipinski definition) is 3. The molecule has 0 saturated heterocycles. The van der Waals surface area contributed by atoms with Gasteiger partial charge in [-0.2, -0.15) is 0 Å². The third-order valence-corrected chi connectivity index (χ3v) is 2.84. The zero-order chi connectivity index (χ0) is 12.1. The van der Waals surface area contributed by atoms with E-state index in [0.29, 0.717) is 5.92 Å². The first-order valence-corrected chi connectivity index (χ1v) is 6.22. The van der Waals surface area contributed by atoms with Crippen LogP contribution in [0.15, 0.2) is 11.5 Å². The summed E-state index contributed by atoms with van der Waals surface area (Å²) in [5.41, 5.74) is 0.855. The number of amides is 1. The van der Waals surface area contributed by atoms with E-state index in [-0.39, 0.29) is 5.91 Å². The Morgan fingerprint density at radius 1 is 1.62 bits per heavy atom. The highest BCUT2D eigenvalue weighted by atomic mass is 32.1. The molecule has 0 aliphatic rings. The van der Waals surface area contributed by atoms with Gasteiger partial charge in [-0.05, 0) is 18.9 Å². The monoisotopic (exact) mass is 238 g/mol. The van der Waals surface area contributed by atoms with Gasteiger partial charge in [-0.1, -0.05) is 13.8 Å². The van der Waals surface area contributed by atoms with Crippen molar-refractivity contribution in [2.24, 2.45) is 5.92 Å². The molecular formula is C12H18N2OS. The lowest BCUT2D eigenvalue weighted by molar-refractivity contribution is -0.125. The Bertz CT molecular complexity index is 382. The van der Waals surface area contributed by atoms with Crippen molar-refractivity contribution in [3.05, 3.63) is 22.2 Å². The molecule has 16 heavy (non-hydrogen) atoms. The average Bonchev–Trinajstić information content (AvgIpc) is 2.59. The second kappa shape index (κ2) is 5.80. The Kier molecular flexibility index (Phi) is 4.68. The van der Waals surface area contributed by atoms with E-state index in [4.69, 9.17) is 0 Å². The van der Waals surface area contributed by atoms with E-state index >= 15 is 0 Å². The van der Waals surface area contributed by atoms with Crippen molar-refractivity contribution in [1.29, 1.82) is 0 Å². The van der Waals surface area contributed by atoms with E-state index in [1.54, 1.807) is 28.4 Å². The number of thiazole rings is 1. The number of aromatic nitrogens is 1. The summed E-state index contributed by atoms with van der Waals surface area (Å²) in [7, 11) is 1.82. The van der Waals surface area contributed by atoms with Gasteiger partial charge in [-0.15, -0.1) is 11.3 Å². The summed E-state index contributed by atoms with van der Waals surface area (Å²) in [6.07, 6.45) is 3.35. The van der Waals surface area contributed by atoms with Crippen LogP contribution in [0.25, 0.3) is 6.08 Å². The predicted octanol–water partition coefficient (Wildman–Crippen LogP) is 2.58. The fraction of sp³-hybridized carbons (Fsp3) is 0.500. The minimum atomic E-state index is 0.0272. The maximum Gasteiger partial charge on any atom is 0.246 e. The van der Waals surface area contributed by atoms with E-state index in [1.807, 2.05) is 19.4 Å². The van der Waals surface area contributed by atoms with Crippen LogP contribution in [0.4, 0.5) is 0 Å². The summed E-state index contributed by atoms with van der Waals surface area (Å²) in [6.45, 7) is 6.92. The molecule has 0 aliphatic carbocycles. The molecule has 0 unspecified atom stereocenters. The molecule has 0 atom stereocenters. The van der Waals surface area contributed by atoms with Crippen molar-refractivity contribution >= 4 is 23.3 Å². The topological polar surface area (TPSA) is 33.2 Å². The van der Waals surface area contributed by atoms with Crippen molar-refractivity contribution in [2.45, 2.75) is 20.8 Å². The van der Waals surface area contributed by atoms with E-state index in [0.717, 1.165) is 17.2 Å². The number of carbonyl (C=O) groups is 1. The minimum absolute atomic E-state index is 0.0272. The molecule has 1 amide bonds. The second-order valence-corrected chi connectivity index (χ2v) is 5.30. The molecule has 3 nitrogen and oxygen atoms in total. The van der Waals surface area contributed by atoms with Crippen LogP contribution in [0.2, 0.25) is 0 Å². The number of carbonyl (C=O) groups excluding carboxylic acids is 1. The molecule has 0 saturated carbocycles. The van der Waals surface area contributed by atoms with Crippen LogP contribution in [0.3, 0.4) is 0 Å². The van der Waals surface area contributed by atoms with Crippen molar-refractivity contribution in [3.63, 3.8) is 0 Å². The van der Waals surface area contributed by atoms with Gasteiger partial charge in [0.1, 0.15) is 0 Å². The Hall–Kier alpha value is -1.16. The van der Waals surface area contributed by atoms with Crippen LogP contribution in [0.1, 0.15) is 24.5 Å². The quantitative estimate of drug-likeness (QED) is 0.755. The first-order valence-electron chi connectivity index (χ1n) is 5.34. The van der Waals surface area contributed by atoms with Gasteiger partial charge in [0.05, 0.1) is 10.7 Å². The van der Waals surface area contributed by atoms with E-state index in [2.05, 4.69) is 18.8 Å². The van der Waals surface area contributed by atoms with E-state index in [1.165, 1.54) is 0 Å². The lowest BCUT2D eigenvalue weighted by Crippen LogP contribution is -2.28. The average molecular weight is 238 g/mol. The molecule has 1 heterocycles. The highest BCUT2D eigenvalue weighted by molar-refractivity contribution is 7.09. The SMILES string of the molecule is Cc1nc(/C=C/C(=O)N(C)CC(C)C)cs1. The second-order valence-electron chi connectivity index (χ2n) is 4.24. The summed E-state index contributed by atoms with van der Waals surface area (Å²) in [6, 6.07) is 0. The summed E-state index contributed by atoms with van der Waals surface area (Å²) >= 11 is 1.59. The van der Waals surface area contributed by atoms with Gasteiger partial charge >= 0.3 is 0 Å². The number of likely N-dealkylation sites (N-methyl/N-ethyl adjacent to an activating group) is 1. The highest BCUT2D eigenvalue weighted by Gasteiger charge is 2.06. The number of aryl methyl sites for hydroxylation is 1. The van der Waals surface area contributed by atoms with Crippen LogP contribution in [0.5, 0.6) is 0 Å². The van der Waals surface area contributed by atoms with Crippen LogP contribution < -0.4 is 0 Å². The standard InChI is InChI=1S/C12H18N2OS/c1-9(2)7-14(4)12(15)6-5-11-8-16-10(3)13-11/h5-6,8-9H,7H2,1-4H3/b6-5+. The molecule has 88 valence electrons. The van der Waals surface area contributed by atoms with Gasteiger partial charge in [-0.3, -0.25) is 4.79 Å². The molecule has 0 N–H and O–H groups in total. The Labute approximate surface area is 101 Å². The van der Waals surface area contributed by atoms with Crippen LogP contribution in [0, 0.1) is 12.8 Å². The lowest BCUT2D eigenvalue weighted by atomic mass is 10.2. The Morgan fingerprint density at radius 2 is 2.31 bits per heavy atom. The highest BCUT2D eigenvalue weighted by Crippen LogP contribution is 2.09. The van der Waals surface area contributed by atoms with Crippen molar-refractivity contribution in [1.82, 2.24) is 9.88 Å². The molecule has 1 aromatic heterocycles. The molecule has 0 aromatic carbocycles. The van der Waals surface area contributed by atoms with Gasteiger partial charge in [0.15, 0.2) is 0 Å². The summed E-state index contributed by atoms with van der Waals surface area (Å²) in [4.78, 5) is 17.7. The molecule has 0 radical (unpaired) electrons. The summed E-state index contributed by atoms with van der Waals surface area (Å²) in [5.74, 6) is 0.517. The molecule has 0 fully saturated rings. The van der Waals surface area contributed by atoms with Gasteiger partial charge in [0.25, 0.3) is 0 Å². The molecule has 0 bridgehead atoms. The third kappa shape index (κ3) is 4.14. The van der Waals surface area contributed by atoms with Crippen molar-refractivity contribution in [2.75, 3.05) is 13.6 Å². The largest absolute Gasteiger partial charge is 0.342 e. The first kappa shape index (κ1) is 12.9. The summed E-state index contributed by atoms with van der Waals surface area (Å²) < 4.78 is 0. The third-order valence-electron chi connectivity index (χ3n) is 2.05. The predicted molar refractivity (Wildman–Crippen MR) is 68.4 cm³/mol. The minimum Gasteiger partial charge on any atom is -0.342 e. The molecular weight excluding hydrogens is 220 g/mol. The molecule has 0 spiro atoms. The van der Waals surface area contributed by atoms with Gasteiger partial charge in [-0.25, -0.2) is 4.98 Å². The van der Waals surface area contributed by atoms with Gasteiger partial charge in [0, 0.05) is 25.0 Å². The fourth-order valence-corrected chi connectivity index (χ4v) is 1.96. The number of nitrogens with zero attached hydrogens (tertiary/aromatic N) is 2. The maximum absolute atomic E-state index is 11.7. The van der Waals surface area contributed by atoms with Crippen LogP contribution in [-0.2, 0) is 4.79 Å². The van der Waals surface area contributed by atoms with Crippen LogP contribution >= 0.6 is 11.3 Å². The Balaban J connectivity index is 2.53. The van der Waals surface area contributed by atoms with Gasteiger partial charge < -0.3 is 4.90 Å². The molecule has 1 rings (SSSR count). The zero-order valence-electron chi connectivity index (χ0n) is 10.2. The first-order chi connectivity index (χ1) is 7.49. The normalized spacial score (nSPS) is 11.3. The molecule has 1 aromatic rings. The smallest absolute Gasteiger partial charge is 0.246 e. The number of hydrogen-bond donors (Lipinski definition) is 0.